The monoisotopic (exact) mass is 257 g/mol. The molecule has 90 valence electrons. The van der Waals surface area contributed by atoms with E-state index in [0.29, 0.717) is 5.02 Å². The molecule has 0 saturated heterocycles. The van der Waals surface area contributed by atoms with E-state index in [1.165, 1.54) is 0 Å². The molecule has 0 saturated carbocycles. The van der Waals surface area contributed by atoms with E-state index >= 15 is 0 Å². The van der Waals surface area contributed by atoms with E-state index in [1.807, 2.05) is 43.3 Å². The zero-order chi connectivity index (χ0) is 12.7. The zero-order valence-electron chi connectivity index (χ0n) is 9.87. The number of hydrogen-bond acceptors (Lipinski definition) is 2. The SMILES string of the molecule is Cc1ccc(-c2nc3ccc(Cl)cc3[nH]2)cc1N. The van der Waals surface area contributed by atoms with Crippen LogP contribution in [0.5, 0.6) is 0 Å². The molecule has 18 heavy (non-hydrogen) atoms. The summed E-state index contributed by atoms with van der Waals surface area (Å²) in [6.07, 6.45) is 0. The highest BCUT2D eigenvalue weighted by atomic mass is 35.5. The Morgan fingerprint density at radius 3 is 2.78 bits per heavy atom. The lowest BCUT2D eigenvalue weighted by Gasteiger charge is -2.01. The first-order valence-electron chi connectivity index (χ1n) is 5.65. The minimum absolute atomic E-state index is 0.695. The van der Waals surface area contributed by atoms with Crippen LogP contribution in [0, 0.1) is 6.92 Å². The molecule has 0 unspecified atom stereocenters. The van der Waals surface area contributed by atoms with Gasteiger partial charge in [0, 0.05) is 16.3 Å². The van der Waals surface area contributed by atoms with Gasteiger partial charge in [-0.2, -0.15) is 0 Å². The van der Waals surface area contributed by atoms with Crippen LogP contribution < -0.4 is 5.73 Å². The summed E-state index contributed by atoms with van der Waals surface area (Å²) in [4.78, 5) is 7.77. The highest BCUT2D eigenvalue weighted by molar-refractivity contribution is 6.31. The summed E-state index contributed by atoms with van der Waals surface area (Å²) in [5.41, 5.74) is 10.6. The van der Waals surface area contributed by atoms with Crippen molar-refractivity contribution >= 4 is 28.3 Å². The Balaban J connectivity index is 2.16. The summed E-state index contributed by atoms with van der Waals surface area (Å²) < 4.78 is 0. The molecule has 0 radical (unpaired) electrons. The Morgan fingerprint density at radius 1 is 1.17 bits per heavy atom. The lowest BCUT2D eigenvalue weighted by atomic mass is 10.1. The Bertz CT molecular complexity index is 731. The van der Waals surface area contributed by atoms with Gasteiger partial charge in [0.25, 0.3) is 0 Å². The Labute approximate surface area is 110 Å². The molecule has 0 aliphatic heterocycles. The largest absolute Gasteiger partial charge is 0.398 e. The number of nitrogens with two attached hydrogens (primary N) is 1. The number of anilines is 1. The lowest BCUT2D eigenvalue weighted by molar-refractivity contribution is 1.33. The van der Waals surface area contributed by atoms with Gasteiger partial charge < -0.3 is 10.7 Å². The molecule has 0 spiro atoms. The van der Waals surface area contributed by atoms with Crippen LogP contribution in [-0.4, -0.2) is 9.97 Å². The van der Waals surface area contributed by atoms with Gasteiger partial charge in [-0.1, -0.05) is 23.7 Å². The lowest BCUT2D eigenvalue weighted by Crippen LogP contribution is -1.90. The van der Waals surface area contributed by atoms with Gasteiger partial charge in [-0.25, -0.2) is 4.98 Å². The van der Waals surface area contributed by atoms with E-state index in [9.17, 15) is 0 Å². The average molecular weight is 258 g/mol. The normalized spacial score (nSPS) is 11.0. The number of nitrogen functional groups attached to an aromatic ring is 1. The highest BCUT2D eigenvalue weighted by Gasteiger charge is 2.06. The first kappa shape index (κ1) is 11.1. The smallest absolute Gasteiger partial charge is 0.138 e. The van der Waals surface area contributed by atoms with E-state index in [0.717, 1.165) is 33.7 Å². The number of rotatable bonds is 1. The molecule has 1 aromatic heterocycles. The van der Waals surface area contributed by atoms with E-state index in [2.05, 4.69) is 9.97 Å². The fourth-order valence-electron chi connectivity index (χ4n) is 1.91. The predicted octanol–water partition coefficient (Wildman–Crippen LogP) is 3.77. The quantitative estimate of drug-likeness (QED) is 0.652. The average Bonchev–Trinajstić information content (AvgIpc) is 2.75. The first-order valence-corrected chi connectivity index (χ1v) is 6.03. The number of hydrogen-bond donors (Lipinski definition) is 2. The second-order valence-electron chi connectivity index (χ2n) is 4.32. The summed E-state index contributed by atoms with van der Waals surface area (Å²) in [7, 11) is 0. The number of halogens is 1. The zero-order valence-corrected chi connectivity index (χ0v) is 10.6. The molecule has 0 atom stereocenters. The maximum atomic E-state index is 5.95. The molecule has 0 aliphatic carbocycles. The molecule has 4 heteroatoms. The van der Waals surface area contributed by atoms with Crippen LogP contribution in [0.1, 0.15) is 5.56 Å². The number of nitrogens with one attached hydrogen (secondary N) is 1. The van der Waals surface area contributed by atoms with Crippen LogP contribution in [0.25, 0.3) is 22.4 Å². The van der Waals surface area contributed by atoms with Gasteiger partial charge in [-0.3, -0.25) is 0 Å². The maximum absolute atomic E-state index is 5.95. The minimum atomic E-state index is 0.695. The molecular formula is C14H12ClN3. The van der Waals surface area contributed by atoms with E-state index in [-0.39, 0.29) is 0 Å². The Kier molecular flexibility index (Phi) is 2.49. The topological polar surface area (TPSA) is 54.7 Å². The maximum Gasteiger partial charge on any atom is 0.138 e. The van der Waals surface area contributed by atoms with Gasteiger partial charge in [0.1, 0.15) is 5.82 Å². The molecule has 3 aromatic rings. The third kappa shape index (κ3) is 1.83. The molecule has 3 nitrogen and oxygen atoms in total. The van der Waals surface area contributed by atoms with Crippen molar-refractivity contribution in [3.8, 4) is 11.4 Å². The fourth-order valence-corrected chi connectivity index (χ4v) is 2.08. The fraction of sp³-hybridized carbons (Fsp3) is 0.0714. The van der Waals surface area contributed by atoms with Gasteiger partial charge in [0.2, 0.25) is 0 Å². The summed E-state index contributed by atoms with van der Waals surface area (Å²) in [5.74, 6) is 0.805. The Morgan fingerprint density at radius 2 is 2.00 bits per heavy atom. The second-order valence-corrected chi connectivity index (χ2v) is 4.75. The van der Waals surface area contributed by atoms with Crippen molar-refractivity contribution in [2.45, 2.75) is 6.92 Å². The number of H-pyrrole nitrogens is 1. The summed E-state index contributed by atoms with van der Waals surface area (Å²) in [5, 5.41) is 0.695. The molecule has 2 aromatic carbocycles. The predicted molar refractivity (Wildman–Crippen MR) is 75.7 cm³/mol. The molecule has 0 fully saturated rings. The van der Waals surface area contributed by atoms with Crippen molar-refractivity contribution in [2.24, 2.45) is 0 Å². The minimum Gasteiger partial charge on any atom is -0.398 e. The van der Waals surface area contributed by atoms with E-state index < -0.39 is 0 Å². The van der Waals surface area contributed by atoms with E-state index in [1.54, 1.807) is 0 Å². The molecule has 0 aliphatic rings. The standard InChI is InChI=1S/C14H12ClN3/c1-8-2-3-9(6-11(8)16)14-17-12-5-4-10(15)7-13(12)18-14/h2-7H,16H2,1H3,(H,17,18). The van der Waals surface area contributed by atoms with Gasteiger partial charge in [-0.15, -0.1) is 0 Å². The number of aryl methyl sites for hydroxylation is 1. The Hall–Kier alpha value is -2.00. The molecule has 1 heterocycles. The third-order valence-corrected chi connectivity index (χ3v) is 3.23. The molecular weight excluding hydrogens is 246 g/mol. The number of nitrogens with zero attached hydrogens (tertiary/aromatic N) is 1. The van der Waals surface area contributed by atoms with Crippen molar-refractivity contribution in [1.29, 1.82) is 0 Å². The first-order chi connectivity index (χ1) is 8.63. The van der Waals surface area contributed by atoms with Crippen molar-refractivity contribution in [3.63, 3.8) is 0 Å². The number of fused-ring (bicyclic) bond motifs is 1. The van der Waals surface area contributed by atoms with Crippen LogP contribution in [0.4, 0.5) is 5.69 Å². The van der Waals surface area contributed by atoms with Gasteiger partial charge in [0.15, 0.2) is 0 Å². The number of benzene rings is 2. The van der Waals surface area contributed by atoms with Gasteiger partial charge in [-0.05, 0) is 36.8 Å². The van der Waals surface area contributed by atoms with Crippen LogP contribution in [0.3, 0.4) is 0 Å². The van der Waals surface area contributed by atoms with E-state index in [4.69, 9.17) is 17.3 Å². The van der Waals surface area contributed by atoms with Crippen molar-refractivity contribution in [3.05, 3.63) is 47.0 Å². The molecule has 0 bridgehead atoms. The molecule has 3 N–H and O–H groups in total. The van der Waals surface area contributed by atoms with Crippen LogP contribution in [0.15, 0.2) is 36.4 Å². The molecule has 3 rings (SSSR count). The summed E-state index contributed by atoms with van der Waals surface area (Å²) in [6, 6.07) is 11.5. The van der Waals surface area contributed by atoms with Crippen LogP contribution in [-0.2, 0) is 0 Å². The number of imidazole rings is 1. The third-order valence-electron chi connectivity index (χ3n) is 3.00. The number of aromatic amines is 1. The van der Waals surface area contributed by atoms with Crippen molar-refractivity contribution in [2.75, 3.05) is 5.73 Å². The highest BCUT2D eigenvalue weighted by Crippen LogP contribution is 2.25. The van der Waals surface area contributed by atoms with Crippen molar-refractivity contribution in [1.82, 2.24) is 9.97 Å². The molecule has 0 amide bonds. The van der Waals surface area contributed by atoms with Gasteiger partial charge in [0.05, 0.1) is 11.0 Å². The number of aromatic nitrogens is 2. The van der Waals surface area contributed by atoms with Gasteiger partial charge >= 0.3 is 0 Å². The second kappa shape index (κ2) is 4.03. The van der Waals surface area contributed by atoms with Crippen LogP contribution in [0.2, 0.25) is 5.02 Å². The van der Waals surface area contributed by atoms with Crippen LogP contribution >= 0.6 is 11.6 Å². The van der Waals surface area contributed by atoms with Crippen molar-refractivity contribution < 1.29 is 0 Å². The summed E-state index contributed by atoms with van der Waals surface area (Å²) in [6.45, 7) is 1.98. The summed E-state index contributed by atoms with van der Waals surface area (Å²) >= 11 is 5.95.